The van der Waals surface area contributed by atoms with Crippen LogP contribution in [0.25, 0.3) is 0 Å². The third-order valence-electron chi connectivity index (χ3n) is 2.89. The highest BCUT2D eigenvalue weighted by molar-refractivity contribution is 4.73. The van der Waals surface area contributed by atoms with Crippen molar-refractivity contribution >= 4 is 0 Å². The van der Waals surface area contributed by atoms with Gasteiger partial charge in [0.2, 0.25) is 0 Å². The normalized spacial score (nSPS) is 15.4. The summed E-state index contributed by atoms with van der Waals surface area (Å²) in [5, 5.41) is 3.37. The topological polar surface area (TPSA) is 21.3 Å². The minimum absolute atomic E-state index is 0.534. The molecule has 2 atom stereocenters. The molecule has 0 saturated heterocycles. The molecule has 2 unspecified atom stereocenters. The van der Waals surface area contributed by atoms with E-state index in [9.17, 15) is 0 Å². The van der Waals surface area contributed by atoms with Gasteiger partial charge < -0.3 is 10.1 Å². The highest BCUT2D eigenvalue weighted by Crippen LogP contribution is 2.17. The van der Waals surface area contributed by atoms with Crippen LogP contribution >= 0.6 is 0 Å². The fourth-order valence-electron chi connectivity index (χ4n) is 1.86. The number of nitrogens with one attached hydrogen (secondary N) is 1. The van der Waals surface area contributed by atoms with Crippen molar-refractivity contribution in [3.63, 3.8) is 0 Å². The standard InChI is InChI=1S/C12H27NO/c1-5-8-9-11(6-2)12(13-4)10-14-7-3/h11-13H,5-10H2,1-4H3. The largest absolute Gasteiger partial charge is 0.380 e. The zero-order valence-corrected chi connectivity index (χ0v) is 10.3. The molecule has 2 nitrogen and oxygen atoms in total. The van der Waals surface area contributed by atoms with Gasteiger partial charge in [-0.1, -0.05) is 33.1 Å². The van der Waals surface area contributed by atoms with Gasteiger partial charge in [-0.2, -0.15) is 0 Å². The van der Waals surface area contributed by atoms with Crippen LogP contribution in [0.15, 0.2) is 0 Å². The van der Waals surface area contributed by atoms with Crippen LogP contribution < -0.4 is 5.32 Å². The second-order valence-electron chi connectivity index (χ2n) is 3.87. The van der Waals surface area contributed by atoms with E-state index in [1.807, 2.05) is 7.05 Å². The number of ether oxygens (including phenoxy) is 1. The number of rotatable bonds is 9. The number of hydrogen-bond acceptors (Lipinski definition) is 2. The molecule has 0 aromatic heterocycles. The van der Waals surface area contributed by atoms with E-state index in [1.165, 1.54) is 25.7 Å². The molecule has 0 saturated carbocycles. The molecule has 0 aliphatic heterocycles. The van der Waals surface area contributed by atoms with Gasteiger partial charge in [0.25, 0.3) is 0 Å². The van der Waals surface area contributed by atoms with Crippen LogP contribution in [0.2, 0.25) is 0 Å². The van der Waals surface area contributed by atoms with Crippen LogP contribution in [0.1, 0.15) is 46.5 Å². The highest BCUT2D eigenvalue weighted by Gasteiger charge is 2.17. The monoisotopic (exact) mass is 201 g/mol. The van der Waals surface area contributed by atoms with E-state index in [4.69, 9.17) is 4.74 Å². The molecule has 0 amide bonds. The molecule has 0 radical (unpaired) electrons. The first-order chi connectivity index (χ1) is 6.79. The van der Waals surface area contributed by atoms with E-state index in [1.54, 1.807) is 0 Å². The lowest BCUT2D eigenvalue weighted by atomic mass is 9.92. The van der Waals surface area contributed by atoms with Crippen molar-refractivity contribution in [2.75, 3.05) is 20.3 Å². The van der Waals surface area contributed by atoms with E-state index in [-0.39, 0.29) is 0 Å². The molecule has 0 rings (SSSR count). The molecule has 2 heteroatoms. The molecule has 0 spiro atoms. The van der Waals surface area contributed by atoms with Gasteiger partial charge in [0.05, 0.1) is 6.61 Å². The van der Waals surface area contributed by atoms with Crippen LogP contribution in [-0.2, 0) is 4.74 Å². The van der Waals surface area contributed by atoms with Crippen LogP contribution in [0, 0.1) is 5.92 Å². The summed E-state index contributed by atoms with van der Waals surface area (Å²) in [5.74, 6) is 0.770. The SMILES string of the molecule is CCCCC(CC)C(COCC)NC. The van der Waals surface area contributed by atoms with E-state index in [0.29, 0.717) is 6.04 Å². The summed E-state index contributed by atoms with van der Waals surface area (Å²) in [6, 6.07) is 0.534. The van der Waals surface area contributed by atoms with Crippen LogP contribution in [0.5, 0.6) is 0 Å². The van der Waals surface area contributed by atoms with Crippen molar-refractivity contribution in [1.82, 2.24) is 5.32 Å². The summed E-state index contributed by atoms with van der Waals surface area (Å²) in [4.78, 5) is 0. The Morgan fingerprint density at radius 1 is 1.21 bits per heavy atom. The van der Waals surface area contributed by atoms with Crippen LogP contribution in [-0.4, -0.2) is 26.3 Å². The zero-order chi connectivity index (χ0) is 10.8. The van der Waals surface area contributed by atoms with E-state index in [0.717, 1.165) is 19.1 Å². The van der Waals surface area contributed by atoms with E-state index >= 15 is 0 Å². The van der Waals surface area contributed by atoms with Gasteiger partial charge in [0.1, 0.15) is 0 Å². The summed E-state index contributed by atoms with van der Waals surface area (Å²) < 4.78 is 5.49. The Morgan fingerprint density at radius 3 is 2.36 bits per heavy atom. The first-order valence-corrected chi connectivity index (χ1v) is 6.05. The number of likely N-dealkylation sites (N-methyl/N-ethyl adjacent to an activating group) is 1. The van der Waals surface area contributed by atoms with Crippen molar-refractivity contribution < 1.29 is 4.74 Å². The van der Waals surface area contributed by atoms with Gasteiger partial charge in [0.15, 0.2) is 0 Å². The van der Waals surface area contributed by atoms with E-state index in [2.05, 4.69) is 26.1 Å². The molecule has 0 heterocycles. The third-order valence-corrected chi connectivity index (χ3v) is 2.89. The molecule has 0 aliphatic carbocycles. The van der Waals surface area contributed by atoms with Gasteiger partial charge in [-0.05, 0) is 26.3 Å². The van der Waals surface area contributed by atoms with Crippen LogP contribution in [0.3, 0.4) is 0 Å². The predicted octanol–water partition coefficient (Wildman–Crippen LogP) is 2.83. The average molecular weight is 201 g/mol. The molecule has 1 N–H and O–H groups in total. The summed E-state index contributed by atoms with van der Waals surface area (Å²) in [6.45, 7) is 8.26. The molecular formula is C12H27NO. The summed E-state index contributed by atoms with van der Waals surface area (Å²) in [5.41, 5.74) is 0. The zero-order valence-electron chi connectivity index (χ0n) is 10.3. The fourth-order valence-corrected chi connectivity index (χ4v) is 1.86. The summed E-state index contributed by atoms with van der Waals surface area (Å²) >= 11 is 0. The lowest BCUT2D eigenvalue weighted by Gasteiger charge is -2.25. The molecule has 0 aromatic carbocycles. The van der Waals surface area contributed by atoms with Gasteiger partial charge in [-0.3, -0.25) is 0 Å². The second kappa shape index (κ2) is 9.47. The third kappa shape index (κ3) is 5.61. The minimum Gasteiger partial charge on any atom is -0.380 e. The smallest absolute Gasteiger partial charge is 0.0622 e. The fraction of sp³-hybridized carbons (Fsp3) is 1.00. The number of unbranched alkanes of at least 4 members (excludes halogenated alkanes) is 1. The van der Waals surface area contributed by atoms with Gasteiger partial charge in [0, 0.05) is 12.6 Å². The van der Waals surface area contributed by atoms with Crippen molar-refractivity contribution in [2.45, 2.75) is 52.5 Å². The van der Waals surface area contributed by atoms with Gasteiger partial charge >= 0.3 is 0 Å². The quantitative estimate of drug-likeness (QED) is 0.619. The van der Waals surface area contributed by atoms with Gasteiger partial charge in [-0.15, -0.1) is 0 Å². The summed E-state index contributed by atoms with van der Waals surface area (Å²) in [6.07, 6.45) is 5.20. The van der Waals surface area contributed by atoms with Crippen molar-refractivity contribution in [1.29, 1.82) is 0 Å². The number of hydrogen-bond donors (Lipinski definition) is 1. The Hall–Kier alpha value is -0.0800. The first kappa shape index (κ1) is 13.9. The van der Waals surface area contributed by atoms with Crippen LogP contribution in [0.4, 0.5) is 0 Å². The molecule has 86 valence electrons. The maximum atomic E-state index is 5.49. The summed E-state index contributed by atoms with van der Waals surface area (Å²) in [7, 11) is 2.04. The Kier molecular flexibility index (Phi) is 9.42. The highest BCUT2D eigenvalue weighted by atomic mass is 16.5. The lowest BCUT2D eigenvalue weighted by Crippen LogP contribution is -2.37. The Morgan fingerprint density at radius 2 is 1.93 bits per heavy atom. The Labute approximate surface area is 89.4 Å². The molecule has 0 fully saturated rings. The maximum absolute atomic E-state index is 5.49. The Balaban J connectivity index is 3.87. The molecule has 14 heavy (non-hydrogen) atoms. The van der Waals surface area contributed by atoms with Crippen molar-refractivity contribution in [3.05, 3.63) is 0 Å². The van der Waals surface area contributed by atoms with E-state index < -0.39 is 0 Å². The van der Waals surface area contributed by atoms with Crippen molar-refractivity contribution in [2.24, 2.45) is 5.92 Å². The predicted molar refractivity (Wildman–Crippen MR) is 62.6 cm³/mol. The Bertz CT molecular complexity index is 103. The molecule has 0 bridgehead atoms. The molecular weight excluding hydrogens is 174 g/mol. The van der Waals surface area contributed by atoms with Crippen molar-refractivity contribution in [3.8, 4) is 0 Å². The second-order valence-corrected chi connectivity index (χ2v) is 3.87. The average Bonchev–Trinajstić information content (AvgIpc) is 2.23. The molecule has 0 aromatic rings. The van der Waals surface area contributed by atoms with Gasteiger partial charge in [-0.25, -0.2) is 0 Å². The maximum Gasteiger partial charge on any atom is 0.0622 e. The molecule has 0 aliphatic rings. The lowest BCUT2D eigenvalue weighted by molar-refractivity contribution is 0.102. The minimum atomic E-state index is 0.534. The first-order valence-electron chi connectivity index (χ1n) is 6.05.